The second-order valence-electron chi connectivity index (χ2n) is 7.47. The average molecular weight is 427 g/mol. The smallest absolute Gasteiger partial charge is 0.342 e. The van der Waals surface area contributed by atoms with Crippen molar-refractivity contribution in [3.63, 3.8) is 0 Å². The number of benzene rings is 2. The van der Waals surface area contributed by atoms with Crippen molar-refractivity contribution in [1.29, 1.82) is 0 Å². The van der Waals surface area contributed by atoms with Crippen LogP contribution in [0.3, 0.4) is 0 Å². The van der Waals surface area contributed by atoms with Gasteiger partial charge < -0.3 is 21.6 Å². The third kappa shape index (κ3) is 4.58. The number of halogens is 1. The highest BCUT2D eigenvalue weighted by Crippen LogP contribution is 2.27. The molecule has 0 N–H and O–H groups in total. The molecule has 2 heterocycles. The molecular weight excluding hydrogens is 402 g/mol. The highest BCUT2D eigenvalue weighted by Gasteiger charge is 2.19. The Hall–Kier alpha value is -2.63. The molecule has 1 aromatic heterocycles. The number of para-hydroxylation sites is 1. The summed E-state index contributed by atoms with van der Waals surface area (Å²) in [6, 6.07) is 14.5. The van der Waals surface area contributed by atoms with Crippen molar-refractivity contribution in [3.8, 4) is 11.3 Å². The molecule has 0 spiro atoms. The van der Waals surface area contributed by atoms with Crippen LogP contribution in [-0.4, -0.2) is 37.1 Å². The van der Waals surface area contributed by atoms with Gasteiger partial charge in [0.05, 0.1) is 5.39 Å². The Kier molecular flexibility index (Phi) is 7.29. The van der Waals surface area contributed by atoms with E-state index in [0.717, 1.165) is 25.2 Å². The van der Waals surface area contributed by atoms with Crippen LogP contribution >= 0.6 is 0 Å². The Morgan fingerprint density at radius 3 is 2.50 bits per heavy atom. The largest absolute Gasteiger partial charge is 1.00 e. The molecule has 2 aromatic carbocycles. The van der Waals surface area contributed by atoms with Gasteiger partial charge in [0.2, 0.25) is 0 Å². The lowest BCUT2D eigenvalue weighted by Crippen LogP contribution is -3.00. The highest BCUT2D eigenvalue weighted by molar-refractivity contribution is 6.02. The van der Waals surface area contributed by atoms with E-state index < -0.39 is 5.97 Å². The number of fused-ring (bicyclic) bond motifs is 1. The molecule has 1 aliphatic rings. The van der Waals surface area contributed by atoms with Crippen LogP contribution in [0.1, 0.15) is 35.2 Å². The van der Waals surface area contributed by atoms with Gasteiger partial charge in [0.15, 0.2) is 11.0 Å². The summed E-state index contributed by atoms with van der Waals surface area (Å²) in [5.74, 6) is 0.0234. The molecule has 0 bridgehead atoms. The summed E-state index contributed by atoms with van der Waals surface area (Å²) in [5, 5.41) is 0.396. The lowest BCUT2D eigenvalue weighted by atomic mass is 10.0. The molecule has 30 heavy (non-hydrogen) atoms. The quantitative estimate of drug-likeness (QED) is 0.577. The molecule has 6 heteroatoms. The molecule has 0 saturated carbocycles. The fourth-order valence-corrected chi connectivity index (χ4v) is 3.86. The van der Waals surface area contributed by atoms with Gasteiger partial charge in [0.25, 0.3) is 0 Å². The summed E-state index contributed by atoms with van der Waals surface area (Å²) in [5.41, 5.74) is 1.77. The normalized spacial score (nSPS) is 14.3. The third-order valence-electron chi connectivity index (χ3n) is 5.49. The summed E-state index contributed by atoms with van der Waals surface area (Å²) in [7, 11) is 0. The monoisotopic (exact) mass is 426 g/mol. The topological polar surface area (TPSA) is 59.8 Å². The number of carbonyl (C=O) groups excluding carboxylic acids is 1. The number of rotatable bonds is 5. The van der Waals surface area contributed by atoms with E-state index in [-0.39, 0.29) is 29.0 Å². The lowest BCUT2D eigenvalue weighted by Gasteiger charge is -2.25. The molecule has 0 unspecified atom stereocenters. The number of hydrogen-bond donors (Lipinski definition) is 0. The van der Waals surface area contributed by atoms with Crippen molar-refractivity contribution in [2.45, 2.75) is 26.2 Å². The fraction of sp³-hybridized carbons (Fsp3) is 0.333. The predicted molar refractivity (Wildman–Crippen MR) is 113 cm³/mol. The van der Waals surface area contributed by atoms with Crippen molar-refractivity contribution < 1.29 is 26.4 Å². The van der Waals surface area contributed by atoms with Crippen LogP contribution < -0.4 is 17.8 Å². The number of hydrogen-bond acceptors (Lipinski definition) is 5. The third-order valence-corrected chi connectivity index (χ3v) is 5.49. The number of esters is 1. The number of ether oxygens (including phenoxy) is 1. The Morgan fingerprint density at radius 1 is 1.03 bits per heavy atom. The van der Waals surface area contributed by atoms with Crippen LogP contribution in [0.5, 0.6) is 0 Å². The molecule has 1 fully saturated rings. The van der Waals surface area contributed by atoms with Crippen molar-refractivity contribution in [1.82, 2.24) is 4.90 Å². The molecular formula is C24H25ClNO4-. The zero-order valence-corrected chi connectivity index (χ0v) is 17.8. The van der Waals surface area contributed by atoms with Crippen molar-refractivity contribution in [2.24, 2.45) is 0 Å². The summed E-state index contributed by atoms with van der Waals surface area (Å²) in [6.07, 6.45) is 3.67. The number of piperidine rings is 1. The Morgan fingerprint density at radius 2 is 1.77 bits per heavy atom. The molecule has 158 valence electrons. The minimum atomic E-state index is -0.460. The van der Waals surface area contributed by atoms with Gasteiger partial charge in [-0.15, -0.1) is 0 Å². The molecule has 1 saturated heterocycles. The number of nitrogens with zero attached hydrogens (tertiary/aromatic N) is 1. The van der Waals surface area contributed by atoms with Gasteiger partial charge in [-0.25, -0.2) is 4.79 Å². The second-order valence-corrected chi connectivity index (χ2v) is 7.47. The molecule has 0 atom stereocenters. The Bertz CT molecular complexity index is 1070. The molecule has 0 radical (unpaired) electrons. The van der Waals surface area contributed by atoms with Crippen LogP contribution in [0.2, 0.25) is 0 Å². The van der Waals surface area contributed by atoms with E-state index in [9.17, 15) is 9.59 Å². The highest BCUT2D eigenvalue weighted by atomic mass is 35.5. The van der Waals surface area contributed by atoms with Crippen LogP contribution in [0.4, 0.5) is 0 Å². The Balaban J connectivity index is 0.00000256. The van der Waals surface area contributed by atoms with Crippen LogP contribution in [0.25, 0.3) is 22.3 Å². The van der Waals surface area contributed by atoms with Gasteiger partial charge in [-0.3, -0.25) is 9.69 Å². The molecule has 1 aliphatic heterocycles. The molecule has 4 rings (SSSR count). The summed E-state index contributed by atoms with van der Waals surface area (Å²) in [6.45, 7) is 4.92. The van der Waals surface area contributed by atoms with E-state index in [1.165, 1.54) is 19.3 Å². The lowest BCUT2D eigenvalue weighted by molar-refractivity contribution is -0.0000261. The van der Waals surface area contributed by atoms with E-state index in [0.29, 0.717) is 23.3 Å². The van der Waals surface area contributed by atoms with Gasteiger partial charge in [0, 0.05) is 17.7 Å². The maximum Gasteiger partial charge on any atom is 0.342 e. The standard InChI is InChI=1S/C24H25NO4.ClH/c1-17-21(26)19-11-8-12-20(23(19)29-22(17)18-9-4-2-5-10-18)24(27)28-16-15-25-13-6-3-7-14-25;/h2,4-5,8-12H,3,6-7,13-16H2,1H3;1H/p-1. The van der Waals surface area contributed by atoms with Crippen LogP contribution in [-0.2, 0) is 4.74 Å². The van der Waals surface area contributed by atoms with Gasteiger partial charge in [-0.05, 0) is 45.0 Å². The summed E-state index contributed by atoms with van der Waals surface area (Å²) in [4.78, 5) is 28.0. The molecule has 3 aromatic rings. The van der Waals surface area contributed by atoms with Crippen molar-refractivity contribution >= 4 is 16.9 Å². The average Bonchev–Trinajstić information content (AvgIpc) is 2.77. The fourth-order valence-electron chi connectivity index (χ4n) is 3.86. The first-order valence-electron chi connectivity index (χ1n) is 10.2. The SMILES string of the molecule is Cc1c(-c2ccccc2)oc2c(C(=O)OCCN3CCCCC3)cccc2c1=O.[Cl-]. The van der Waals surface area contributed by atoms with Gasteiger partial charge >= 0.3 is 5.97 Å². The van der Waals surface area contributed by atoms with E-state index >= 15 is 0 Å². The first-order chi connectivity index (χ1) is 14.1. The van der Waals surface area contributed by atoms with Gasteiger partial charge in [-0.2, -0.15) is 0 Å². The Labute approximate surface area is 182 Å². The first-order valence-corrected chi connectivity index (χ1v) is 10.2. The van der Waals surface area contributed by atoms with Crippen LogP contribution in [0, 0.1) is 6.92 Å². The zero-order valence-electron chi connectivity index (χ0n) is 17.0. The molecule has 0 amide bonds. The van der Waals surface area contributed by atoms with E-state index in [1.54, 1.807) is 25.1 Å². The van der Waals surface area contributed by atoms with E-state index in [4.69, 9.17) is 9.15 Å². The summed E-state index contributed by atoms with van der Waals surface area (Å²) < 4.78 is 11.6. The number of carbonyl (C=O) groups is 1. The minimum Gasteiger partial charge on any atom is -1.00 e. The predicted octanol–water partition coefficient (Wildman–Crippen LogP) is 1.42. The molecule has 5 nitrogen and oxygen atoms in total. The number of likely N-dealkylation sites (tertiary alicyclic amines) is 1. The van der Waals surface area contributed by atoms with Gasteiger partial charge in [-0.1, -0.05) is 42.8 Å². The van der Waals surface area contributed by atoms with Crippen molar-refractivity contribution in [3.05, 3.63) is 69.9 Å². The zero-order chi connectivity index (χ0) is 20.2. The van der Waals surface area contributed by atoms with Gasteiger partial charge in [0.1, 0.15) is 17.9 Å². The second kappa shape index (κ2) is 9.92. The minimum absolute atomic E-state index is 0. The van der Waals surface area contributed by atoms with Crippen molar-refractivity contribution in [2.75, 3.05) is 26.2 Å². The molecule has 0 aliphatic carbocycles. The summed E-state index contributed by atoms with van der Waals surface area (Å²) >= 11 is 0. The first kappa shape index (κ1) is 22.1. The van der Waals surface area contributed by atoms with E-state index in [1.807, 2.05) is 30.3 Å². The maximum absolute atomic E-state index is 12.9. The maximum atomic E-state index is 12.9. The van der Waals surface area contributed by atoms with Crippen LogP contribution in [0.15, 0.2) is 57.7 Å². The van der Waals surface area contributed by atoms with E-state index in [2.05, 4.69) is 4.90 Å².